The summed E-state index contributed by atoms with van der Waals surface area (Å²) in [5.74, 6) is 0.302. The minimum atomic E-state index is -0.660. The minimum Gasteiger partial charge on any atom is -0.481 e. The van der Waals surface area contributed by atoms with Crippen molar-refractivity contribution in [2.24, 2.45) is 5.92 Å². The Morgan fingerprint density at radius 1 is 1.24 bits per heavy atom. The van der Waals surface area contributed by atoms with Crippen LogP contribution in [-0.2, 0) is 4.79 Å². The van der Waals surface area contributed by atoms with Crippen LogP contribution in [0.2, 0.25) is 0 Å². The highest BCUT2D eigenvalue weighted by Crippen LogP contribution is 2.37. The summed E-state index contributed by atoms with van der Waals surface area (Å²) in [6, 6.07) is 8.79. The van der Waals surface area contributed by atoms with Crippen molar-refractivity contribution in [3.63, 3.8) is 0 Å². The number of aliphatic carboxylic acids is 1. The largest absolute Gasteiger partial charge is 0.481 e. The van der Waals surface area contributed by atoms with E-state index < -0.39 is 5.97 Å². The van der Waals surface area contributed by atoms with Gasteiger partial charge < -0.3 is 5.11 Å². The first kappa shape index (κ1) is 15.6. The van der Waals surface area contributed by atoms with Gasteiger partial charge in [0.15, 0.2) is 0 Å². The van der Waals surface area contributed by atoms with E-state index in [-0.39, 0.29) is 0 Å². The number of allylic oxidation sites excluding steroid dienone is 3. The van der Waals surface area contributed by atoms with Crippen LogP contribution in [0.25, 0.3) is 5.57 Å². The second-order valence-corrected chi connectivity index (χ2v) is 6.02. The fourth-order valence-corrected chi connectivity index (χ4v) is 3.24. The maximum absolute atomic E-state index is 10.8. The number of rotatable bonds is 5. The molecule has 0 bridgehead atoms. The van der Waals surface area contributed by atoms with E-state index in [0.29, 0.717) is 18.3 Å². The summed E-state index contributed by atoms with van der Waals surface area (Å²) in [4.78, 5) is 10.8. The van der Waals surface area contributed by atoms with E-state index >= 15 is 0 Å². The average molecular weight is 284 g/mol. The Hall–Kier alpha value is -1.83. The molecule has 1 aromatic rings. The molecule has 0 amide bonds. The van der Waals surface area contributed by atoms with Crippen LogP contribution in [0.15, 0.2) is 43.0 Å². The van der Waals surface area contributed by atoms with Gasteiger partial charge in [0.1, 0.15) is 0 Å². The molecule has 1 N–H and O–H groups in total. The number of benzene rings is 1. The Labute approximate surface area is 127 Å². The predicted molar refractivity (Wildman–Crippen MR) is 87.2 cm³/mol. The van der Waals surface area contributed by atoms with E-state index in [2.05, 4.69) is 37.8 Å². The number of hydrogen-bond donors (Lipinski definition) is 1. The normalized spacial score (nSPS) is 22.8. The van der Waals surface area contributed by atoms with Gasteiger partial charge >= 0.3 is 5.97 Å². The number of carbonyl (C=O) groups is 1. The van der Waals surface area contributed by atoms with Crippen LogP contribution < -0.4 is 0 Å². The van der Waals surface area contributed by atoms with Crippen molar-refractivity contribution >= 4 is 11.5 Å². The molecule has 0 heterocycles. The van der Waals surface area contributed by atoms with Gasteiger partial charge in [-0.2, -0.15) is 0 Å². The molecule has 2 heteroatoms. The van der Waals surface area contributed by atoms with Gasteiger partial charge in [-0.05, 0) is 61.1 Å². The van der Waals surface area contributed by atoms with Crippen LogP contribution in [-0.4, -0.2) is 11.1 Å². The third-order valence-electron chi connectivity index (χ3n) is 4.52. The Kier molecular flexibility index (Phi) is 5.38. The second-order valence-electron chi connectivity index (χ2n) is 6.02. The highest BCUT2D eigenvalue weighted by atomic mass is 16.4. The Morgan fingerprint density at radius 3 is 2.38 bits per heavy atom. The van der Waals surface area contributed by atoms with E-state index in [9.17, 15) is 4.79 Å². The molecule has 2 rings (SSSR count). The highest BCUT2D eigenvalue weighted by Gasteiger charge is 2.23. The van der Waals surface area contributed by atoms with E-state index in [4.69, 9.17) is 5.11 Å². The number of hydrogen-bond acceptors (Lipinski definition) is 1. The third kappa shape index (κ3) is 4.32. The van der Waals surface area contributed by atoms with Crippen molar-refractivity contribution in [1.29, 1.82) is 0 Å². The van der Waals surface area contributed by atoms with Crippen LogP contribution >= 0.6 is 0 Å². The molecular formula is C19H24O2. The summed E-state index contributed by atoms with van der Waals surface area (Å²) in [5, 5.41) is 8.86. The summed E-state index contributed by atoms with van der Waals surface area (Å²) in [6.07, 6.45) is 8.45. The van der Waals surface area contributed by atoms with E-state index in [1.807, 2.05) is 12.2 Å². The number of carboxylic acid groups (broad SMARTS) is 1. The fraction of sp³-hybridized carbons (Fsp3) is 0.421. The van der Waals surface area contributed by atoms with Crippen molar-refractivity contribution in [2.75, 3.05) is 0 Å². The smallest absolute Gasteiger partial charge is 0.303 e. The van der Waals surface area contributed by atoms with Gasteiger partial charge in [-0.1, -0.05) is 43.0 Å². The maximum Gasteiger partial charge on any atom is 0.303 e. The summed E-state index contributed by atoms with van der Waals surface area (Å²) in [7, 11) is 0. The van der Waals surface area contributed by atoms with E-state index in [1.165, 1.54) is 16.7 Å². The molecule has 0 aromatic heterocycles. The lowest BCUT2D eigenvalue weighted by Gasteiger charge is -2.28. The molecule has 1 aliphatic carbocycles. The molecule has 1 aliphatic rings. The summed E-state index contributed by atoms with van der Waals surface area (Å²) in [5.41, 5.74) is 3.85. The number of carboxylic acids is 1. The minimum absolute atomic E-state index is 0.331. The first-order chi connectivity index (χ1) is 10.1. The van der Waals surface area contributed by atoms with Gasteiger partial charge in [0.05, 0.1) is 0 Å². The molecular weight excluding hydrogens is 260 g/mol. The predicted octanol–water partition coefficient (Wildman–Crippen LogP) is 5.02. The van der Waals surface area contributed by atoms with E-state index in [0.717, 1.165) is 25.7 Å². The topological polar surface area (TPSA) is 37.3 Å². The van der Waals surface area contributed by atoms with Crippen LogP contribution in [0.1, 0.15) is 56.1 Å². The summed E-state index contributed by atoms with van der Waals surface area (Å²) >= 11 is 0. The van der Waals surface area contributed by atoms with Gasteiger partial charge in [0, 0.05) is 6.42 Å². The van der Waals surface area contributed by atoms with Gasteiger partial charge in [-0.15, -0.1) is 0 Å². The Balaban J connectivity index is 1.96. The first-order valence-electron chi connectivity index (χ1n) is 7.71. The molecule has 112 valence electrons. The molecule has 2 nitrogen and oxygen atoms in total. The molecule has 0 aliphatic heterocycles. The van der Waals surface area contributed by atoms with Gasteiger partial charge in [0.2, 0.25) is 0 Å². The lowest BCUT2D eigenvalue weighted by molar-refractivity contribution is -0.138. The zero-order valence-corrected chi connectivity index (χ0v) is 12.7. The van der Waals surface area contributed by atoms with Crippen molar-refractivity contribution in [2.45, 2.75) is 44.9 Å². The SMILES string of the molecule is C=C/C=C(\C)c1ccc(C2CCC(CC(=O)O)CC2)cc1. The molecule has 0 radical (unpaired) electrons. The van der Waals surface area contributed by atoms with E-state index in [1.54, 1.807) is 0 Å². The first-order valence-corrected chi connectivity index (χ1v) is 7.71. The third-order valence-corrected chi connectivity index (χ3v) is 4.52. The Bertz CT molecular complexity index is 517. The molecule has 0 spiro atoms. The molecule has 1 saturated carbocycles. The van der Waals surface area contributed by atoms with Gasteiger partial charge in [-0.3, -0.25) is 4.79 Å². The van der Waals surface area contributed by atoms with Crippen LogP contribution in [0, 0.1) is 5.92 Å². The van der Waals surface area contributed by atoms with Gasteiger partial charge in [-0.25, -0.2) is 0 Å². The monoisotopic (exact) mass is 284 g/mol. The fourth-order valence-electron chi connectivity index (χ4n) is 3.24. The van der Waals surface area contributed by atoms with Crippen LogP contribution in [0.5, 0.6) is 0 Å². The molecule has 21 heavy (non-hydrogen) atoms. The lowest BCUT2D eigenvalue weighted by atomic mass is 9.77. The lowest BCUT2D eigenvalue weighted by Crippen LogP contribution is -2.16. The standard InChI is InChI=1S/C19H24O2/c1-3-4-14(2)16-9-11-18(12-10-16)17-7-5-15(6-8-17)13-19(20)21/h3-4,9-12,15,17H,1,5-8,13H2,2H3,(H,20,21)/b14-4+. The van der Waals surface area contributed by atoms with Crippen molar-refractivity contribution in [3.05, 3.63) is 54.1 Å². The summed E-state index contributed by atoms with van der Waals surface area (Å²) in [6.45, 7) is 5.82. The molecule has 0 unspecified atom stereocenters. The summed E-state index contributed by atoms with van der Waals surface area (Å²) < 4.78 is 0. The molecule has 1 fully saturated rings. The second kappa shape index (κ2) is 7.26. The Morgan fingerprint density at radius 2 is 1.86 bits per heavy atom. The van der Waals surface area contributed by atoms with Crippen molar-refractivity contribution in [3.8, 4) is 0 Å². The van der Waals surface area contributed by atoms with Crippen LogP contribution in [0.4, 0.5) is 0 Å². The van der Waals surface area contributed by atoms with Crippen molar-refractivity contribution < 1.29 is 9.90 Å². The molecule has 0 saturated heterocycles. The zero-order chi connectivity index (χ0) is 15.2. The molecule has 1 aromatic carbocycles. The quantitative estimate of drug-likeness (QED) is 0.770. The molecule has 0 atom stereocenters. The average Bonchev–Trinajstić information content (AvgIpc) is 2.48. The van der Waals surface area contributed by atoms with Crippen molar-refractivity contribution in [1.82, 2.24) is 0 Å². The highest BCUT2D eigenvalue weighted by molar-refractivity contribution is 5.67. The van der Waals surface area contributed by atoms with Gasteiger partial charge in [0.25, 0.3) is 0 Å². The zero-order valence-electron chi connectivity index (χ0n) is 12.7. The maximum atomic E-state index is 10.8. The van der Waals surface area contributed by atoms with Crippen LogP contribution in [0.3, 0.4) is 0 Å².